The Kier molecular flexibility index (Phi) is 6.72. The zero-order valence-electron chi connectivity index (χ0n) is 20.0. The van der Waals surface area contributed by atoms with Crippen molar-refractivity contribution in [3.63, 3.8) is 0 Å². The Morgan fingerprint density at radius 3 is 2.46 bits per heavy atom. The summed E-state index contributed by atoms with van der Waals surface area (Å²) < 4.78 is 20.5. The zero-order chi connectivity index (χ0) is 25.2. The van der Waals surface area contributed by atoms with Crippen LogP contribution in [0.3, 0.4) is 0 Å². The monoisotopic (exact) mass is 480 g/mol. The van der Waals surface area contributed by atoms with Gasteiger partial charge < -0.3 is 20.7 Å². The van der Waals surface area contributed by atoms with Crippen molar-refractivity contribution in [3.05, 3.63) is 60.3 Å². The highest BCUT2D eigenvalue weighted by atomic mass is 19.1. The lowest BCUT2D eigenvalue weighted by molar-refractivity contribution is 0.0184. The van der Waals surface area contributed by atoms with E-state index < -0.39 is 17.3 Å². The predicted octanol–water partition coefficient (Wildman–Crippen LogP) is 4.49. The minimum absolute atomic E-state index is 0.0928. The first kappa shape index (κ1) is 24.2. The number of halogens is 1. The third-order valence-electron chi connectivity index (χ3n) is 5.69. The van der Waals surface area contributed by atoms with E-state index >= 15 is 0 Å². The summed E-state index contributed by atoms with van der Waals surface area (Å²) in [5.74, 6) is -0.737. The number of nitrogen functional groups attached to an aromatic ring is 1. The van der Waals surface area contributed by atoms with Gasteiger partial charge in [-0.1, -0.05) is 0 Å². The van der Waals surface area contributed by atoms with E-state index in [9.17, 15) is 14.0 Å². The lowest BCUT2D eigenvalue weighted by atomic mass is 10.1. The minimum atomic E-state index is -0.521. The summed E-state index contributed by atoms with van der Waals surface area (Å²) in [6.45, 7) is 6.74. The number of nitrogens with zero attached hydrogens (tertiary/aromatic N) is 4. The van der Waals surface area contributed by atoms with Crippen molar-refractivity contribution in [1.29, 1.82) is 0 Å². The largest absolute Gasteiger partial charge is 0.444 e. The molecule has 4 rings (SSSR count). The van der Waals surface area contributed by atoms with E-state index in [0.29, 0.717) is 24.3 Å². The van der Waals surface area contributed by atoms with Crippen molar-refractivity contribution in [2.24, 2.45) is 0 Å². The number of hydrogen-bond acceptors (Lipinski definition) is 6. The fourth-order valence-corrected chi connectivity index (χ4v) is 3.87. The van der Waals surface area contributed by atoms with Gasteiger partial charge in [0.25, 0.3) is 5.91 Å². The third-order valence-corrected chi connectivity index (χ3v) is 5.69. The van der Waals surface area contributed by atoms with Crippen molar-refractivity contribution in [1.82, 2.24) is 19.7 Å². The molecule has 3 heterocycles. The van der Waals surface area contributed by atoms with Gasteiger partial charge in [-0.25, -0.2) is 14.2 Å². The van der Waals surface area contributed by atoms with Gasteiger partial charge in [-0.05, 0) is 63.9 Å². The molecule has 9 nitrogen and oxygen atoms in total. The Bertz CT molecular complexity index is 1210. The normalized spacial score (nSPS) is 14.6. The van der Waals surface area contributed by atoms with E-state index in [1.807, 2.05) is 31.6 Å². The fourth-order valence-electron chi connectivity index (χ4n) is 3.87. The number of ether oxygens (including phenoxy) is 1. The number of nitrogens with one attached hydrogen (secondary N) is 1. The quantitative estimate of drug-likeness (QED) is 0.569. The van der Waals surface area contributed by atoms with Crippen LogP contribution in [-0.2, 0) is 4.74 Å². The molecule has 3 N–H and O–H groups in total. The van der Waals surface area contributed by atoms with Crippen LogP contribution in [0.15, 0.2) is 48.9 Å². The van der Waals surface area contributed by atoms with Gasteiger partial charge in [-0.3, -0.25) is 9.48 Å². The molecule has 0 saturated carbocycles. The molecule has 10 heteroatoms. The molecule has 0 spiro atoms. The number of carbonyl (C=O) groups excluding carboxylic acids is 2. The maximum Gasteiger partial charge on any atom is 0.410 e. The number of amides is 2. The van der Waals surface area contributed by atoms with Gasteiger partial charge in [0.2, 0.25) is 0 Å². The molecule has 3 aromatic rings. The Labute approximate surface area is 203 Å². The maximum absolute atomic E-state index is 13.1. The third kappa shape index (κ3) is 5.95. The van der Waals surface area contributed by atoms with Crippen molar-refractivity contribution < 1.29 is 18.7 Å². The van der Waals surface area contributed by atoms with Gasteiger partial charge in [0, 0.05) is 42.3 Å². The number of nitrogens with two attached hydrogens (primary N) is 1. The molecule has 1 aliphatic heterocycles. The van der Waals surface area contributed by atoms with Gasteiger partial charge in [-0.15, -0.1) is 0 Å². The first-order valence-electron chi connectivity index (χ1n) is 11.4. The van der Waals surface area contributed by atoms with E-state index in [0.717, 1.165) is 18.4 Å². The lowest BCUT2D eigenvalue weighted by Gasteiger charge is -2.33. The molecule has 184 valence electrons. The van der Waals surface area contributed by atoms with Crippen LogP contribution in [0, 0.1) is 5.82 Å². The van der Waals surface area contributed by atoms with Crippen LogP contribution in [0.1, 0.15) is 50.0 Å². The number of aromatic nitrogens is 3. The average Bonchev–Trinajstić information content (AvgIpc) is 3.30. The highest BCUT2D eigenvalue weighted by Gasteiger charge is 2.28. The molecule has 0 radical (unpaired) electrons. The van der Waals surface area contributed by atoms with Crippen molar-refractivity contribution in [2.45, 2.75) is 45.3 Å². The van der Waals surface area contributed by atoms with Crippen LogP contribution < -0.4 is 11.1 Å². The maximum atomic E-state index is 13.1. The van der Waals surface area contributed by atoms with Crippen LogP contribution in [0.25, 0.3) is 11.1 Å². The SMILES string of the molecule is CC(C)(C)OC(=O)N1CCC(n2cc(-c3cnc(N)c(C(=O)Nc4ccc(F)cc4)c3)cn2)CC1. The summed E-state index contributed by atoms with van der Waals surface area (Å²) >= 11 is 0. The van der Waals surface area contributed by atoms with E-state index in [1.54, 1.807) is 23.4 Å². The Morgan fingerprint density at radius 1 is 1.11 bits per heavy atom. The second-order valence-electron chi connectivity index (χ2n) is 9.53. The highest BCUT2D eigenvalue weighted by molar-refractivity contribution is 6.07. The molecule has 0 bridgehead atoms. The first-order chi connectivity index (χ1) is 16.6. The molecule has 1 aliphatic rings. The highest BCUT2D eigenvalue weighted by Crippen LogP contribution is 2.27. The van der Waals surface area contributed by atoms with E-state index in [2.05, 4.69) is 15.4 Å². The lowest BCUT2D eigenvalue weighted by Crippen LogP contribution is -2.42. The summed E-state index contributed by atoms with van der Waals surface area (Å²) in [7, 11) is 0. The van der Waals surface area contributed by atoms with Crippen LogP contribution in [-0.4, -0.2) is 50.4 Å². The number of hydrogen-bond donors (Lipinski definition) is 2. The molecular weight excluding hydrogens is 451 g/mol. The second kappa shape index (κ2) is 9.73. The van der Waals surface area contributed by atoms with Gasteiger partial charge in [0.1, 0.15) is 17.2 Å². The molecule has 2 amide bonds. The van der Waals surface area contributed by atoms with Gasteiger partial charge >= 0.3 is 6.09 Å². The van der Waals surface area contributed by atoms with Crippen LogP contribution >= 0.6 is 0 Å². The van der Waals surface area contributed by atoms with Gasteiger partial charge in [0.15, 0.2) is 0 Å². The van der Waals surface area contributed by atoms with E-state index in [1.165, 1.54) is 24.3 Å². The van der Waals surface area contributed by atoms with Crippen LogP contribution in [0.2, 0.25) is 0 Å². The Balaban J connectivity index is 1.43. The molecule has 35 heavy (non-hydrogen) atoms. The molecule has 0 aliphatic carbocycles. The average molecular weight is 481 g/mol. The minimum Gasteiger partial charge on any atom is -0.444 e. The molecule has 1 aromatic carbocycles. The standard InChI is InChI=1S/C25H29FN6O3/c1-25(2,3)35-24(34)31-10-8-20(9-11-31)32-15-17(14-29-32)16-12-21(22(27)28-13-16)23(33)30-19-6-4-18(26)5-7-19/h4-7,12-15,20H,8-11H2,1-3H3,(H2,27,28)(H,30,33). The Morgan fingerprint density at radius 2 is 1.80 bits per heavy atom. The molecule has 2 aromatic heterocycles. The number of pyridine rings is 1. The van der Waals surface area contributed by atoms with Crippen molar-refractivity contribution in [2.75, 3.05) is 24.1 Å². The number of piperidine rings is 1. The number of carbonyl (C=O) groups is 2. The second-order valence-corrected chi connectivity index (χ2v) is 9.53. The number of likely N-dealkylation sites (tertiary alicyclic amines) is 1. The molecule has 1 fully saturated rings. The topological polar surface area (TPSA) is 115 Å². The number of rotatable bonds is 4. The number of benzene rings is 1. The van der Waals surface area contributed by atoms with Gasteiger partial charge in [-0.2, -0.15) is 5.10 Å². The summed E-state index contributed by atoms with van der Waals surface area (Å²) in [6.07, 6.45) is 6.43. The summed E-state index contributed by atoms with van der Waals surface area (Å²) in [5, 5.41) is 7.21. The summed E-state index contributed by atoms with van der Waals surface area (Å²) in [6, 6.07) is 7.27. The molecule has 0 atom stereocenters. The first-order valence-corrected chi connectivity index (χ1v) is 11.4. The van der Waals surface area contributed by atoms with E-state index in [-0.39, 0.29) is 23.5 Å². The van der Waals surface area contributed by atoms with Crippen LogP contribution in [0.4, 0.5) is 20.7 Å². The van der Waals surface area contributed by atoms with E-state index in [4.69, 9.17) is 10.5 Å². The summed E-state index contributed by atoms with van der Waals surface area (Å²) in [5.41, 5.74) is 7.58. The molecule has 0 unspecified atom stereocenters. The van der Waals surface area contributed by atoms with Crippen molar-refractivity contribution in [3.8, 4) is 11.1 Å². The smallest absolute Gasteiger partial charge is 0.410 e. The van der Waals surface area contributed by atoms with Gasteiger partial charge in [0.05, 0.1) is 17.8 Å². The predicted molar refractivity (Wildman–Crippen MR) is 130 cm³/mol. The summed E-state index contributed by atoms with van der Waals surface area (Å²) in [4.78, 5) is 30.9. The molecule has 1 saturated heterocycles. The van der Waals surface area contributed by atoms with Crippen molar-refractivity contribution >= 4 is 23.5 Å². The Hall–Kier alpha value is -3.95. The zero-order valence-corrected chi connectivity index (χ0v) is 20.0. The van der Waals surface area contributed by atoms with Crippen LogP contribution in [0.5, 0.6) is 0 Å². The molecular formula is C25H29FN6O3. The fraction of sp³-hybridized carbons (Fsp3) is 0.360. The number of anilines is 2.